The number of ether oxygens (including phenoxy) is 1. The second-order valence-corrected chi connectivity index (χ2v) is 8.06. The van der Waals surface area contributed by atoms with E-state index in [1.165, 1.54) is 6.07 Å². The first-order valence-corrected chi connectivity index (χ1v) is 10.5. The Labute approximate surface area is 175 Å². The largest absolute Gasteiger partial charge is 0.416 e. The number of likely N-dealkylation sites (N-methyl/N-ethyl adjacent to an activating group) is 1. The monoisotopic (exact) mass is 419 g/mol. The Morgan fingerprint density at radius 1 is 1.07 bits per heavy atom. The van der Waals surface area contributed by atoms with Gasteiger partial charge >= 0.3 is 6.18 Å². The van der Waals surface area contributed by atoms with Gasteiger partial charge in [-0.3, -0.25) is 0 Å². The maximum atomic E-state index is 13.4. The highest BCUT2D eigenvalue weighted by Gasteiger charge is 2.43. The lowest BCUT2D eigenvalue weighted by molar-refractivity contribution is -0.138. The topological polar surface area (TPSA) is 45.3 Å². The number of hydrogen-bond acceptors (Lipinski definition) is 4. The van der Waals surface area contributed by atoms with Crippen LogP contribution in [0.2, 0.25) is 0 Å². The first-order valence-electron chi connectivity index (χ1n) is 10.5. The fourth-order valence-corrected chi connectivity index (χ4v) is 4.55. The SMILES string of the molecule is CNCCNC[C@H]1CC[C@@H]2[C@H](O1)c1cc(C(F)(F)F)ccc1N[C@H]2c1ccccc1. The Balaban J connectivity index is 1.63. The molecule has 2 heterocycles. The second-order valence-electron chi connectivity index (χ2n) is 8.06. The molecule has 2 aromatic carbocycles. The van der Waals surface area contributed by atoms with Crippen LogP contribution in [0.5, 0.6) is 0 Å². The van der Waals surface area contributed by atoms with E-state index >= 15 is 0 Å². The van der Waals surface area contributed by atoms with Crippen LogP contribution in [0.4, 0.5) is 18.9 Å². The van der Waals surface area contributed by atoms with Crippen LogP contribution in [0.25, 0.3) is 0 Å². The zero-order valence-electron chi connectivity index (χ0n) is 17.0. The zero-order valence-corrected chi connectivity index (χ0v) is 17.0. The molecular weight excluding hydrogens is 391 g/mol. The van der Waals surface area contributed by atoms with Gasteiger partial charge in [0.2, 0.25) is 0 Å². The maximum Gasteiger partial charge on any atom is 0.416 e. The molecule has 2 aromatic rings. The highest BCUT2D eigenvalue weighted by molar-refractivity contribution is 5.58. The molecule has 0 radical (unpaired) electrons. The van der Waals surface area contributed by atoms with Crippen molar-refractivity contribution in [2.75, 3.05) is 32.0 Å². The minimum absolute atomic E-state index is 0.0126. The molecule has 3 N–H and O–H groups in total. The molecule has 7 heteroatoms. The van der Waals surface area contributed by atoms with E-state index in [1.807, 2.05) is 25.2 Å². The Morgan fingerprint density at radius 2 is 1.87 bits per heavy atom. The van der Waals surface area contributed by atoms with Crippen LogP contribution in [0.15, 0.2) is 48.5 Å². The molecule has 1 saturated heterocycles. The summed E-state index contributed by atoms with van der Waals surface area (Å²) in [5.74, 6) is 0.0805. The van der Waals surface area contributed by atoms with E-state index < -0.39 is 11.7 Å². The highest BCUT2D eigenvalue weighted by atomic mass is 19.4. The lowest BCUT2D eigenvalue weighted by Crippen LogP contribution is -2.42. The fraction of sp³-hybridized carbons (Fsp3) is 0.478. The summed E-state index contributed by atoms with van der Waals surface area (Å²) in [6, 6.07) is 14.0. The van der Waals surface area contributed by atoms with E-state index in [4.69, 9.17) is 4.74 Å². The van der Waals surface area contributed by atoms with Gasteiger partial charge in [-0.25, -0.2) is 0 Å². The molecular formula is C23H28F3N3O. The molecule has 1 fully saturated rings. The Morgan fingerprint density at radius 3 is 2.60 bits per heavy atom. The van der Waals surface area contributed by atoms with Gasteiger partial charge in [0, 0.05) is 36.8 Å². The predicted molar refractivity (Wildman–Crippen MR) is 111 cm³/mol. The summed E-state index contributed by atoms with van der Waals surface area (Å²) in [4.78, 5) is 0. The van der Waals surface area contributed by atoms with Gasteiger partial charge in [-0.05, 0) is 43.7 Å². The molecule has 30 heavy (non-hydrogen) atoms. The zero-order chi connectivity index (χ0) is 21.1. The van der Waals surface area contributed by atoms with Crippen LogP contribution in [-0.4, -0.2) is 32.8 Å². The molecule has 4 rings (SSSR count). The predicted octanol–water partition coefficient (Wildman–Crippen LogP) is 4.52. The Hall–Kier alpha value is -2.09. The van der Waals surface area contributed by atoms with Crippen molar-refractivity contribution in [2.45, 2.75) is 37.3 Å². The smallest absolute Gasteiger partial charge is 0.378 e. The van der Waals surface area contributed by atoms with Crippen LogP contribution in [0.1, 0.15) is 41.7 Å². The molecule has 4 atom stereocenters. The molecule has 2 aliphatic heterocycles. The van der Waals surface area contributed by atoms with E-state index in [9.17, 15) is 13.2 Å². The van der Waals surface area contributed by atoms with E-state index in [1.54, 1.807) is 6.07 Å². The van der Waals surface area contributed by atoms with Crippen LogP contribution >= 0.6 is 0 Å². The van der Waals surface area contributed by atoms with Gasteiger partial charge in [0.05, 0.1) is 23.8 Å². The molecule has 162 valence electrons. The first kappa shape index (κ1) is 21.2. The van der Waals surface area contributed by atoms with Crippen LogP contribution in [0, 0.1) is 5.92 Å². The van der Waals surface area contributed by atoms with E-state index in [2.05, 4.69) is 28.1 Å². The van der Waals surface area contributed by atoms with Crippen LogP contribution in [-0.2, 0) is 10.9 Å². The third-order valence-electron chi connectivity index (χ3n) is 6.06. The van der Waals surface area contributed by atoms with E-state index in [-0.39, 0.29) is 24.2 Å². The number of nitrogens with one attached hydrogen (secondary N) is 3. The molecule has 0 saturated carbocycles. The molecule has 0 bridgehead atoms. The number of benzene rings is 2. The van der Waals surface area contributed by atoms with E-state index in [0.29, 0.717) is 12.1 Å². The number of fused-ring (bicyclic) bond motifs is 3. The van der Waals surface area contributed by atoms with Crippen molar-refractivity contribution in [2.24, 2.45) is 5.92 Å². The molecule has 0 spiro atoms. The number of hydrogen-bond donors (Lipinski definition) is 3. The average Bonchev–Trinajstić information content (AvgIpc) is 2.75. The molecule has 0 aromatic heterocycles. The highest BCUT2D eigenvalue weighted by Crippen LogP contribution is 2.51. The summed E-state index contributed by atoms with van der Waals surface area (Å²) >= 11 is 0. The minimum atomic E-state index is -4.37. The lowest BCUT2D eigenvalue weighted by atomic mass is 9.76. The van der Waals surface area contributed by atoms with Crippen molar-refractivity contribution < 1.29 is 17.9 Å². The van der Waals surface area contributed by atoms with Gasteiger partial charge < -0.3 is 20.7 Å². The second kappa shape index (κ2) is 8.96. The summed E-state index contributed by atoms with van der Waals surface area (Å²) in [5.41, 5.74) is 1.84. The molecule has 0 unspecified atom stereocenters. The normalized spacial score (nSPS) is 25.9. The summed E-state index contributed by atoms with van der Waals surface area (Å²) in [6.07, 6.45) is -2.97. The summed E-state index contributed by atoms with van der Waals surface area (Å²) in [7, 11) is 1.90. The average molecular weight is 419 g/mol. The summed E-state index contributed by atoms with van der Waals surface area (Å²) < 4.78 is 46.5. The van der Waals surface area contributed by atoms with Crippen LogP contribution in [0.3, 0.4) is 0 Å². The van der Waals surface area contributed by atoms with Gasteiger partial charge in [0.25, 0.3) is 0 Å². The third kappa shape index (κ3) is 4.48. The van der Waals surface area contributed by atoms with Crippen molar-refractivity contribution in [1.29, 1.82) is 0 Å². The summed E-state index contributed by atoms with van der Waals surface area (Å²) in [5, 5.41) is 9.96. The van der Waals surface area contributed by atoms with Crippen molar-refractivity contribution in [3.8, 4) is 0 Å². The number of anilines is 1. The van der Waals surface area contributed by atoms with Gasteiger partial charge in [-0.1, -0.05) is 30.3 Å². The van der Waals surface area contributed by atoms with Crippen molar-refractivity contribution >= 4 is 5.69 Å². The van der Waals surface area contributed by atoms with Gasteiger partial charge in [0.1, 0.15) is 0 Å². The maximum absolute atomic E-state index is 13.4. The number of alkyl halides is 3. The Bertz CT molecular complexity index is 843. The summed E-state index contributed by atoms with van der Waals surface area (Å²) in [6.45, 7) is 2.38. The lowest BCUT2D eigenvalue weighted by Gasteiger charge is -2.46. The molecule has 2 aliphatic rings. The molecule has 0 amide bonds. The van der Waals surface area contributed by atoms with Gasteiger partial charge in [0.15, 0.2) is 0 Å². The van der Waals surface area contributed by atoms with Gasteiger partial charge in [-0.2, -0.15) is 13.2 Å². The molecule has 4 nitrogen and oxygen atoms in total. The minimum Gasteiger partial charge on any atom is -0.378 e. The number of halogens is 3. The Kier molecular flexibility index (Phi) is 6.32. The van der Waals surface area contributed by atoms with Crippen molar-refractivity contribution in [3.05, 3.63) is 65.2 Å². The number of rotatable bonds is 6. The first-order chi connectivity index (χ1) is 14.5. The van der Waals surface area contributed by atoms with Crippen molar-refractivity contribution in [3.63, 3.8) is 0 Å². The molecule has 0 aliphatic carbocycles. The van der Waals surface area contributed by atoms with E-state index in [0.717, 1.165) is 43.2 Å². The third-order valence-corrected chi connectivity index (χ3v) is 6.06. The fourth-order valence-electron chi connectivity index (χ4n) is 4.55. The van der Waals surface area contributed by atoms with Gasteiger partial charge in [-0.15, -0.1) is 0 Å². The standard InChI is InChI=1S/C23H28F3N3O/c1-27-11-12-28-14-17-8-9-18-21(15-5-3-2-4-6-15)29-20-10-7-16(23(24,25)26)13-19(20)22(18)30-17/h2-7,10,13,17-18,21-22,27-29H,8-9,11-12,14H2,1H3/t17-,18+,21+,22+/m1/s1. The van der Waals surface area contributed by atoms with Crippen LogP contribution < -0.4 is 16.0 Å². The van der Waals surface area contributed by atoms with Crippen molar-refractivity contribution in [1.82, 2.24) is 10.6 Å². The quantitative estimate of drug-likeness (QED) is 0.603.